The van der Waals surface area contributed by atoms with Gasteiger partial charge in [0.05, 0.1) is 6.04 Å². The Kier molecular flexibility index (Phi) is 33.0. The lowest BCUT2D eigenvalue weighted by Gasteiger charge is -2.38. The molecule has 2 aliphatic carbocycles. The number of rotatable bonds is 26. The first-order valence-corrected chi connectivity index (χ1v) is 46.6. The number of carboxylic acid groups (broad SMARTS) is 1. The zero-order valence-electron chi connectivity index (χ0n) is 76.4. The van der Waals surface area contributed by atoms with Crippen LogP contribution in [0.15, 0.2) is 158 Å². The van der Waals surface area contributed by atoms with Crippen LogP contribution < -0.4 is 37.2 Å². The molecule has 8 aromatic rings. The van der Waals surface area contributed by atoms with Gasteiger partial charge in [-0.05, 0) is 182 Å². The molecule has 6 aromatic carbocycles. The fourth-order valence-electron chi connectivity index (χ4n) is 17.0. The Balaban J connectivity index is 0.000000199. The quantitative estimate of drug-likeness (QED) is 0.0233. The van der Waals surface area contributed by atoms with E-state index >= 15 is 0 Å². The molecule has 4 saturated heterocycles. The average molecular weight is 1830 g/mol. The van der Waals surface area contributed by atoms with Crippen molar-refractivity contribution in [1.82, 2.24) is 50.4 Å². The van der Waals surface area contributed by atoms with Gasteiger partial charge in [0.1, 0.15) is 76.0 Å². The Morgan fingerprint density at radius 3 is 1.23 bits per heavy atom. The summed E-state index contributed by atoms with van der Waals surface area (Å²) < 4.78 is 22.5. The third kappa shape index (κ3) is 24.9. The van der Waals surface area contributed by atoms with Crippen LogP contribution in [0.2, 0.25) is 0 Å². The maximum absolute atomic E-state index is 14.9. The molecule has 11 amide bonds. The van der Waals surface area contributed by atoms with Gasteiger partial charge in [0, 0.05) is 82.6 Å². The van der Waals surface area contributed by atoms with E-state index in [4.69, 9.17) is 18.9 Å². The van der Waals surface area contributed by atoms with Gasteiger partial charge < -0.3 is 76.0 Å². The van der Waals surface area contributed by atoms with Gasteiger partial charge in [-0.15, -0.1) is 0 Å². The van der Waals surface area contributed by atoms with Crippen molar-refractivity contribution in [2.45, 2.75) is 206 Å². The fraction of sp³-hybridized carbons (Fsp3) is 0.449. The molecular formula is C98H120N14O17S2. The highest BCUT2D eigenvalue weighted by molar-refractivity contribution is 7.20. The zero-order valence-corrected chi connectivity index (χ0v) is 78.0. The third-order valence-corrected chi connectivity index (χ3v) is 25.9. The van der Waals surface area contributed by atoms with E-state index < -0.39 is 101 Å². The molecule has 2 aromatic heterocycles. The van der Waals surface area contributed by atoms with Gasteiger partial charge >= 0.3 is 30.3 Å². The first-order chi connectivity index (χ1) is 62.7. The van der Waals surface area contributed by atoms with E-state index in [-0.39, 0.29) is 61.3 Å². The molecule has 6 aliphatic rings. The summed E-state index contributed by atoms with van der Waals surface area (Å²) in [6.45, 7) is 20.3. The molecule has 4 aliphatic heterocycles. The number of amides is 11. The molecule has 0 radical (unpaired) electrons. The van der Waals surface area contributed by atoms with Crippen molar-refractivity contribution in [3.05, 3.63) is 180 Å². The largest absolute Gasteiger partial charge is 0.480 e. The summed E-state index contributed by atoms with van der Waals surface area (Å²) in [5.74, 6) is -4.53. The summed E-state index contributed by atoms with van der Waals surface area (Å²) in [4.78, 5) is 173. The van der Waals surface area contributed by atoms with E-state index in [9.17, 15) is 62.6 Å². The number of aromatic nitrogens is 2. The number of carbonyl (C=O) groups excluding carboxylic acids is 11. The number of likely N-dealkylation sites (tertiary alicyclic amines) is 3. The number of piperidine rings is 2. The van der Waals surface area contributed by atoms with E-state index in [1.165, 1.54) is 47.1 Å². The number of anilines is 4. The number of ether oxygens (including phenoxy) is 4. The summed E-state index contributed by atoms with van der Waals surface area (Å²) in [5.41, 5.74) is 10.2. The van der Waals surface area contributed by atoms with Gasteiger partial charge in [0.25, 0.3) is 0 Å². The highest BCUT2D eigenvalue weighted by Crippen LogP contribution is 2.47. The predicted molar refractivity (Wildman–Crippen MR) is 502 cm³/mol. The number of hydrogen-bond acceptors (Lipinski definition) is 21. The number of hydrogen-bond donors (Lipinski definition) is 8. The van der Waals surface area contributed by atoms with Crippen LogP contribution in [0, 0.1) is 11.8 Å². The van der Waals surface area contributed by atoms with E-state index in [1.54, 1.807) is 58.3 Å². The molecule has 4 fully saturated rings. The summed E-state index contributed by atoms with van der Waals surface area (Å²) in [5, 5.41) is 32.2. The number of carbonyl (C=O) groups is 12. The highest BCUT2D eigenvalue weighted by Gasteiger charge is 2.45. The third-order valence-electron chi connectivity index (χ3n) is 24.1. The summed E-state index contributed by atoms with van der Waals surface area (Å²) in [6.07, 6.45) is 4.29. The van der Waals surface area contributed by atoms with Crippen LogP contribution in [0.3, 0.4) is 0 Å². The molecule has 8 N–H and O–H groups in total. The maximum Gasteiger partial charge on any atom is 0.410 e. The Morgan fingerprint density at radius 1 is 0.481 bits per heavy atom. The second-order valence-corrected chi connectivity index (χ2v) is 37.6. The van der Waals surface area contributed by atoms with Crippen molar-refractivity contribution in [2.24, 2.45) is 11.8 Å². The maximum atomic E-state index is 14.9. The Morgan fingerprint density at radius 2 is 0.855 bits per heavy atom. The van der Waals surface area contributed by atoms with Gasteiger partial charge in [-0.2, -0.15) is 0 Å². The minimum Gasteiger partial charge on any atom is -0.480 e. The van der Waals surface area contributed by atoms with Crippen molar-refractivity contribution in [3.8, 4) is 44.8 Å². The monoisotopic (exact) mass is 1830 g/mol. The molecule has 0 bridgehead atoms. The minimum atomic E-state index is -1.16. The molecule has 0 unspecified atom stereocenters. The number of aliphatic carboxylic acids is 1. The highest BCUT2D eigenvalue weighted by atomic mass is 32.1. The average Bonchev–Trinajstić information content (AvgIpc) is 1.62. The van der Waals surface area contributed by atoms with E-state index in [0.717, 1.165) is 92.8 Å². The number of likely N-dealkylation sites (N-methyl/N-ethyl adjacent to an activating group) is 2. The van der Waals surface area contributed by atoms with Crippen molar-refractivity contribution in [1.29, 1.82) is 0 Å². The van der Waals surface area contributed by atoms with E-state index in [2.05, 4.69) is 71.5 Å². The number of thiazole rings is 2. The van der Waals surface area contributed by atoms with Gasteiger partial charge in [-0.3, -0.25) is 43.4 Å². The molecule has 33 heteroatoms. The van der Waals surface area contributed by atoms with E-state index in [1.807, 2.05) is 147 Å². The predicted octanol–water partition coefficient (Wildman–Crippen LogP) is 15.6. The Hall–Kier alpha value is -12.6. The Bertz CT molecular complexity index is 5310. The smallest absolute Gasteiger partial charge is 0.410 e. The van der Waals surface area contributed by atoms with E-state index in [0.29, 0.717) is 116 Å². The summed E-state index contributed by atoms with van der Waals surface area (Å²) >= 11 is 2.43. The van der Waals surface area contributed by atoms with Crippen LogP contribution in [0.25, 0.3) is 44.8 Å². The lowest BCUT2D eigenvalue weighted by Crippen LogP contribution is -2.59. The van der Waals surface area contributed by atoms with Crippen LogP contribution >= 0.6 is 22.7 Å². The summed E-state index contributed by atoms with van der Waals surface area (Å²) in [7, 11) is 2.95. The first-order valence-electron chi connectivity index (χ1n) is 45.0. The summed E-state index contributed by atoms with van der Waals surface area (Å²) in [6, 6.07) is 45.8. The first kappa shape index (κ1) is 97.4. The number of nitrogens with one attached hydrogen (secondary N) is 7. The minimum absolute atomic E-state index is 0.0511. The van der Waals surface area contributed by atoms with Crippen molar-refractivity contribution in [2.75, 3.05) is 87.8 Å². The lowest BCUT2D eigenvalue weighted by molar-refractivity contribution is -0.144. The van der Waals surface area contributed by atoms with Gasteiger partial charge in [0.15, 0.2) is 10.3 Å². The molecule has 131 heavy (non-hydrogen) atoms. The van der Waals surface area contributed by atoms with Crippen LogP contribution in [0.5, 0.6) is 0 Å². The Labute approximate surface area is 772 Å². The number of carboxylic acids is 1. The van der Waals surface area contributed by atoms with Gasteiger partial charge in [0.2, 0.25) is 41.4 Å². The van der Waals surface area contributed by atoms with Crippen molar-refractivity contribution < 1.29 is 81.6 Å². The molecule has 0 spiro atoms. The topological polar surface area (TPSA) is 388 Å². The molecular weight excluding hydrogens is 1710 g/mol. The van der Waals surface area contributed by atoms with Crippen LogP contribution in [-0.2, 0) is 57.3 Å². The van der Waals surface area contributed by atoms with Gasteiger partial charge in [-0.25, -0.2) is 33.9 Å². The molecule has 14 rings (SSSR count). The van der Waals surface area contributed by atoms with Crippen LogP contribution in [0.1, 0.15) is 180 Å². The van der Waals surface area contributed by atoms with Crippen molar-refractivity contribution in [3.63, 3.8) is 0 Å². The molecule has 6 heterocycles. The number of nitrogens with zero attached hydrogens (tertiary/aromatic N) is 7. The second-order valence-electron chi connectivity index (χ2n) is 35.6. The standard InChI is InChI=1S/C49H59N7O8S.C31H39N3O7.C18H22N4O2S/c1-7-16-39(57)50-46-52-40(31-17-9-8-10-18-31)44(65-46)53-43(59)38-23-15-26-56(38)45(60)41(32-24-27-55(28-25-32)48(62)64-49(3,4)5)51-42(58)30(2)54(6)47(61)63-29-37-35-21-13-11-19-33(35)34-20-12-14-22-36(34)37;1-19(27(35)32-26(28(36)37)20-14-16-34(17-15-20)30(39)41-31(2,3)4)33(5)29(38)40-18-25-23-12-8-6-10-21(23)22-11-7-9-13-24(22)25;1-2-7-14(23)20-18-21-15(12-8-4-3-5-9-12)17(25-18)22-16(24)13-10-6-11-19-13/h8-14,17-22,30,32,37-38,41H,7,15-16,23-29H2,1-6H3,(H,51,58)(H,53,59)(H,50,52,57);6-13,19-20,25-26H,14-18H2,1-5H3,(H,32,35)(H,36,37);3-5,8-9,13,19H,2,6-7,10-11H2,1H3,(H,22,24)(H,20,21,23)/t30-,38-,41-;19-,26-;13-/m000/s1. The normalized spacial score (nSPS) is 16.8. The molecule has 31 nitrogen and oxygen atoms in total. The lowest BCUT2D eigenvalue weighted by atomic mass is 9.88. The van der Waals surface area contributed by atoms with Gasteiger partial charge in [-0.1, -0.05) is 194 Å². The van der Waals surface area contributed by atoms with Crippen LogP contribution in [-0.4, -0.2) is 225 Å². The second kappa shape index (κ2) is 44.3. The molecule has 696 valence electrons. The zero-order chi connectivity index (χ0) is 94.0. The fourth-order valence-corrected chi connectivity index (χ4v) is 18.8. The number of benzene rings is 6. The van der Waals surface area contributed by atoms with Crippen molar-refractivity contribution >= 4 is 115 Å². The van der Waals surface area contributed by atoms with Crippen LogP contribution in [0.4, 0.5) is 39.4 Å². The number of fused-ring (bicyclic) bond motifs is 6. The SMILES string of the molecule is CCCC(=O)Nc1nc(-c2ccccc2)c(NC(=O)[C@@H]2CCCN2)s1.CCCC(=O)Nc1nc(-c2ccccc2)c(NC(=O)[C@@H]2CCCN2C(=O)[C@@H](NC(=O)[C@H](C)N(C)C(=O)OCC2c3ccccc3-c3ccccc32)C2CCN(C(=O)OC(C)(C)C)CC2)s1.C[C@@H](C(=O)N[C@H](C(=O)O)C1CCN(C(=O)OC(C)(C)C)CC1)N(C)C(=O)OCC1c2ccccc2-c2ccccc21. The molecule has 0 saturated carbocycles. The molecule has 6 atom stereocenters.